The molecule has 0 aromatic carbocycles. The van der Waals surface area contributed by atoms with Gasteiger partial charge in [0.2, 0.25) is 10.9 Å². The third kappa shape index (κ3) is 4.44. The summed E-state index contributed by atoms with van der Waals surface area (Å²) in [7, 11) is -0.292. The Hall–Kier alpha value is -2.99. The molecule has 162 valence electrons. The van der Waals surface area contributed by atoms with Gasteiger partial charge in [-0.25, -0.2) is 13.2 Å². The highest BCUT2D eigenvalue weighted by Gasteiger charge is 2.33. The topological polar surface area (TPSA) is 126 Å². The van der Waals surface area contributed by atoms with Gasteiger partial charge in [-0.3, -0.25) is 4.79 Å². The van der Waals surface area contributed by atoms with E-state index >= 15 is 0 Å². The monoisotopic (exact) mass is 437 g/mol. The molecule has 0 saturated carbocycles. The van der Waals surface area contributed by atoms with E-state index in [-0.39, 0.29) is 55.2 Å². The molecule has 0 N–H and O–H groups in total. The number of carbonyl (C=O) groups excluding carboxylic acids is 2. The number of anilines is 1. The van der Waals surface area contributed by atoms with Crippen LogP contribution in [-0.2, 0) is 14.8 Å². The fraction of sp³-hybridized carbons (Fsp3) is 0.444. The van der Waals surface area contributed by atoms with Crippen LogP contribution in [0.3, 0.4) is 0 Å². The second-order valence-electron chi connectivity index (χ2n) is 6.71. The van der Waals surface area contributed by atoms with Crippen molar-refractivity contribution in [2.24, 2.45) is 0 Å². The summed E-state index contributed by atoms with van der Waals surface area (Å²) in [5, 5.41) is 7.60. The van der Waals surface area contributed by atoms with Gasteiger partial charge in [0.25, 0.3) is 15.9 Å². The predicted molar refractivity (Wildman–Crippen MR) is 106 cm³/mol. The minimum Gasteiger partial charge on any atom is -0.460 e. The molecule has 0 atom stereocenters. The van der Waals surface area contributed by atoms with Crippen molar-refractivity contribution >= 4 is 27.7 Å². The first kappa shape index (κ1) is 21.7. The smallest absolute Gasteiger partial charge is 0.374 e. The number of sulfonamides is 1. The van der Waals surface area contributed by atoms with Gasteiger partial charge in [0.15, 0.2) is 11.5 Å². The van der Waals surface area contributed by atoms with Crippen LogP contribution in [0, 0.1) is 0 Å². The molecule has 1 amide bonds. The number of piperazine rings is 1. The van der Waals surface area contributed by atoms with Crippen LogP contribution in [0.15, 0.2) is 33.8 Å². The molecule has 0 unspecified atom stereocenters. The van der Waals surface area contributed by atoms with Crippen LogP contribution < -0.4 is 4.90 Å². The third-order valence-corrected chi connectivity index (χ3v) is 6.28. The Bertz CT molecular complexity index is 1010. The van der Waals surface area contributed by atoms with Gasteiger partial charge < -0.3 is 19.0 Å². The highest BCUT2D eigenvalue weighted by atomic mass is 32.2. The molecule has 2 aromatic rings. The number of aromatic nitrogens is 2. The molecule has 1 aliphatic heterocycles. The lowest BCUT2D eigenvalue weighted by Gasteiger charge is -2.33. The Morgan fingerprint density at radius 2 is 1.80 bits per heavy atom. The van der Waals surface area contributed by atoms with Gasteiger partial charge in [-0.2, -0.15) is 4.31 Å². The summed E-state index contributed by atoms with van der Waals surface area (Å²) in [6, 6.07) is 5.77. The summed E-state index contributed by atoms with van der Waals surface area (Å²) in [6.45, 7) is 2.36. The van der Waals surface area contributed by atoms with Crippen molar-refractivity contribution < 1.29 is 27.2 Å². The van der Waals surface area contributed by atoms with Gasteiger partial charge in [0.05, 0.1) is 6.61 Å². The zero-order chi connectivity index (χ0) is 21.9. The molecule has 3 rings (SSSR count). The van der Waals surface area contributed by atoms with Crippen LogP contribution >= 0.6 is 0 Å². The SMILES string of the molecule is CCOC(=O)c1ccc(S(=O)(=O)N2CCN(C(=O)c3ccc(N(C)C)nn3)CC2)o1. The number of rotatable bonds is 6. The number of esters is 1. The van der Waals surface area contributed by atoms with Crippen molar-refractivity contribution in [3.63, 3.8) is 0 Å². The quantitative estimate of drug-likeness (QED) is 0.592. The van der Waals surface area contributed by atoms with E-state index in [1.165, 1.54) is 21.3 Å². The lowest BCUT2D eigenvalue weighted by molar-refractivity contribution is 0.0483. The van der Waals surface area contributed by atoms with Crippen molar-refractivity contribution in [3.8, 4) is 0 Å². The standard InChI is InChI=1S/C18H23N5O6S/c1-4-28-18(25)14-6-8-16(29-14)30(26,27)23-11-9-22(10-12-23)17(24)13-5-7-15(20-19-13)21(2)3/h5-8H,4,9-12H2,1-3H3. The molecule has 30 heavy (non-hydrogen) atoms. The average Bonchev–Trinajstić information content (AvgIpc) is 3.25. The molecular formula is C18H23N5O6S. The first-order chi connectivity index (χ1) is 14.2. The molecule has 0 aliphatic carbocycles. The Balaban J connectivity index is 1.64. The number of hydrogen-bond donors (Lipinski definition) is 0. The number of hydrogen-bond acceptors (Lipinski definition) is 9. The van der Waals surface area contributed by atoms with E-state index < -0.39 is 16.0 Å². The molecule has 0 spiro atoms. The van der Waals surface area contributed by atoms with Gasteiger partial charge in [-0.15, -0.1) is 10.2 Å². The maximum Gasteiger partial charge on any atom is 0.374 e. The van der Waals surface area contributed by atoms with Crippen LogP contribution in [0.5, 0.6) is 0 Å². The molecule has 12 heteroatoms. The van der Waals surface area contributed by atoms with Gasteiger partial charge >= 0.3 is 5.97 Å². The summed E-state index contributed by atoms with van der Waals surface area (Å²) in [5.74, 6) is -0.588. The predicted octanol–water partition coefficient (Wildman–Crippen LogP) is 0.459. The van der Waals surface area contributed by atoms with Gasteiger partial charge in [0, 0.05) is 40.3 Å². The van der Waals surface area contributed by atoms with E-state index in [0.717, 1.165) is 0 Å². The first-order valence-electron chi connectivity index (χ1n) is 9.31. The molecule has 1 aliphatic rings. The molecule has 1 saturated heterocycles. The van der Waals surface area contributed by atoms with E-state index in [1.54, 1.807) is 24.0 Å². The number of amides is 1. The molecule has 1 fully saturated rings. The highest BCUT2D eigenvalue weighted by Crippen LogP contribution is 2.21. The minimum absolute atomic E-state index is 0.0900. The van der Waals surface area contributed by atoms with Crippen LogP contribution in [0.2, 0.25) is 0 Å². The zero-order valence-electron chi connectivity index (χ0n) is 16.9. The van der Waals surface area contributed by atoms with Gasteiger partial charge in [-0.1, -0.05) is 0 Å². The van der Waals surface area contributed by atoms with Crippen molar-refractivity contribution in [3.05, 3.63) is 35.7 Å². The van der Waals surface area contributed by atoms with Crippen molar-refractivity contribution in [2.45, 2.75) is 12.0 Å². The molecule has 3 heterocycles. The van der Waals surface area contributed by atoms with Crippen LogP contribution in [0.25, 0.3) is 0 Å². The van der Waals surface area contributed by atoms with Crippen molar-refractivity contribution in [2.75, 3.05) is 51.8 Å². The normalized spacial score (nSPS) is 15.1. The van der Waals surface area contributed by atoms with Crippen molar-refractivity contribution in [1.29, 1.82) is 0 Å². The van der Waals surface area contributed by atoms with E-state index in [0.29, 0.717) is 5.82 Å². The Morgan fingerprint density at radius 3 is 2.37 bits per heavy atom. The summed E-state index contributed by atoms with van der Waals surface area (Å²) < 4.78 is 36.8. The Kier molecular flexibility index (Phi) is 6.37. The van der Waals surface area contributed by atoms with E-state index in [1.807, 2.05) is 14.1 Å². The maximum atomic E-state index is 12.8. The lowest BCUT2D eigenvalue weighted by atomic mass is 10.3. The summed E-state index contributed by atoms with van der Waals surface area (Å²) in [4.78, 5) is 27.6. The number of ether oxygens (including phenoxy) is 1. The van der Waals surface area contributed by atoms with E-state index in [9.17, 15) is 18.0 Å². The van der Waals surface area contributed by atoms with E-state index in [4.69, 9.17) is 9.15 Å². The fourth-order valence-corrected chi connectivity index (χ4v) is 4.20. The Morgan fingerprint density at radius 1 is 1.10 bits per heavy atom. The lowest BCUT2D eigenvalue weighted by Crippen LogP contribution is -2.50. The maximum absolute atomic E-state index is 12.8. The van der Waals surface area contributed by atoms with Crippen LogP contribution in [-0.4, -0.2) is 86.6 Å². The van der Waals surface area contributed by atoms with Gasteiger partial charge in [-0.05, 0) is 31.2 Å². The number of furan rings is 1. The molecule has 11 nitrogen and oxygen atoms in total. The largest absolute Gasteiger partial charge is 0.460 e. The zero-order valence-corrected chi connectivity index (χ0v) is 17.8. The first-order valence-corrected chi connectivity index (χ1v) is 10.8. The molecular weight excluding hydrogens is 414 g/mol. The third-order valence-electron chi connectivity index (χ3n) is 4.51. The van der Waals surface area contributed by atoms with Gasteiger partial charge in [0.1, 0.15) is 0 Å². The number of carbonyl (C=O) groups is 2. The molecule has 0 bridgehead atoms. The highest BCUT2D eigenvalue weighted by molar-refractivity contribution is 7.89. The second-order valence-corrected chi connectivity index (χ2v) is 8.58. The molecule has 2 aromatic heterocycles. The summed E-state index contributed by atoms with van der Waals surface area (Å²) in [6.07, 6.45) is 0. The summed E-state index contributed by atoms with van der Waals surface area (Å²) in [5.41, 5.74) is 0.196. The fourth-order valence-electron chi connectivity index (χ4n) is 2.87. The number of nitrogens with zero attached hydrogens (tertiary/aromatic N) is 5. The van der Waals surface area contributed by atoms with E-state index in [2.05, 4.69) is 10.2 Å². The Labute approximate surface area is 174 Å². The van der Waals surface area contributed by atoms with Crippen molar-refractivity contribution in [1.82, 2.24) is 19.4 Å². The van der Waals surface area contributed by atoms with Crippen LogP contribution in [0.1, 0.15) is 28.0 Å². The molecule has 0 radical (unpaired) electrons. The summed E-state index contributed by atoms with van der Waals surface area (Å²) >= 11 is 0. The average molecular weight is 437 g/mol. The minimum atomic E-state index is -3.93. The second kappa shape index (κ2) is 8.79. The van der Waals surface area contributed by atoms with Crippen LogP contribution in [0.4, 0.5) is 5.82 Å².